The van der Waals surface area contributed by atoms with Gasteiger partial charge < -0.3 is 15.4 Å². The normalized spacial score (nSPS) is 8.47. The fourth-order valence-corrected chi connectivity index (χ4v) is 0.867. The van der Waals surface area contributed by atoms with E-state index in [1.54, 1.807) is 0 Å². The van der Waals surface area contributed by atoms with Crippen LogP contribution in [0, 0.1) is 0 Å². The number of benzene rings is 1. The van der Waals surface area contributed by atoms with Gasteiger partial charge in [-0.1, -0.05) is 37.3 Å². The standard InChI is InChI=1S/C8H10.C2H6BNO3/c1-2-8-6-4-3-5-7-8;5-2-4-1-3(6)7/h3-7H,2H2,1H3;2,6-7H,1H2,(H,4,5). The lowest BCUT2D eigenvalue weighted by atomic mass is 9.93. The first-order valence-electron chi connectivity index (χ1n) is 4.77. The van der Waals surface area contributed by atoms with Crippen LogP contribution in [0.25, 0.3) is 0 Å². The average molecular weight is 209 g/mol. The molecule has 0 saturated carbocycles. The van der Waals surface area contributed by atoms with E-state index in [0.717, 1.165) is 6.42 Å². The molecule has 0 spiro atoms. The second kappa shape index (κ2) is 9.24. The Hall–Kier alpha value is -1.33. The van der Waals surface area contributed by atoms with Gasteiger partial charge in [-0.2, -0.15) is 0 Å². The lowest BCUT2D eigenvalue weighted by Gasteiger charge is -1.91. The van der Waals surface area contributed by atoms with Crippen LogP contribution in [0.5, 0.6) is 0 Å². The van der Waals surface area contributed by atoms with Gasteiger partial charge >= 0.3 is 7.12 Å². The van der Waals surface area contributed by atoms with Crippen molar-refractivity contribution in [3.8, 4) is 0 Å². The number of aryl methyl sites for hydroxylation is 1. The molecule has 0 bridgehead atoms. The maximum Gasteiger partial charge on any atom is 0.472 e. The summed E-state index contributed by atoms with van der Waals surface area (Å²) in [7, 11) is -1.44. The van der Waals surface area contributed by atoms with Gasteiger partial charge in [-0.3, -0.25) is 4.79 Å². The molecule has 0 unspecified atom stereocenters. The Kier molecular flexibility index (Phi) is 8.42. The molecule has 1 aromatic rings. The van der Waals surface area contributed by atoms with E-state index in [1.165, 1.54) is 5.56 Å². The SMILES string of the molecule is CCc1ccccc1.O=CNCB(O)O. The highest BCUT2D eigenvalue weighted by Gasteiger charge is 2.02. The zero-order chi connectivity index (χ0) is 11.5. The monoisotopic (exact) mass is 209 g/mol. The van der Waals surface area contributed by atoms with Gasteiger partial charge in [0.25, 0.3) is 0 Å². The Morgan fingerprint density at radius 3 is 2.20 bits per heavy atom. The smallest absolute Gasteiger partial charge is 0.426 e. The van der Waals surface area contributed by atoms with Crippen molar-refractivity contribution < 1.29 is 14.8 Å². The quantitative estimate of drug-likeness (QED) is 0.482. The number of amides is 1. The highest BCUT2D eigenvalue weighted by Crippen LogP contribution is 1.96. The fraction of sp³-hybridized carbons (Fsp3) is 0.300. The van der Waals surface area contributed by atoms with Crippen LogP contribution in [-0.2, 0) is 11.2 Å². The van der Waals surface area contributed by atoms with Crippen molar-refractivity contribution in [3.63, 3.8) is 0 Å². The molecule has 0 saturated heterocycles. The predicted octanol–water partition coefficient (Wildman–Crippen LogP) is -0.00660. The van der Waals surface area contributed by atoms with Crippen molar-refractivity contribution in [1.82, 2.24) is 5.32 Å². The van der Waals surface area contributed by atoms with Gasteiger partial charge in [0.05, 0.1) is 6.44 Å². The third-order valence-corrected chi connectivity index (χ3v) is 1.63. The van der Waals surface area contributed by atoms with E-state index in [-0.39, 0.29) is 6.44 Å². The number of carbonyl (C=O) groups excluding carboxylic acids is 1. The maximum atomic E-state index is 9.38. The predicted molar refractivity (Wildman–Crippen MR) is 60.1 cm³/mol. The van der Waals surface area contributed by atoms with Crippen molar-refractivity contribution >= 4 is 13.5 Å². The Morgan fingerprint density at radius 1 is 1.33 bits per heavy atom. The Balaban J connectivity index is 0.000000265. The number of hydrogen-bond acceptors (Lipinski definition) is 3. The van der Waals surface area contributed by atoms with Crippen LogP contribution in [0.4, 0.5) is 0 Å². The molecule has 4 nitrogen and oxygen atoms in total. The fourth-order valence-electron chi connectivity index (χ4n) is 0.867. The summed E-state index contributed by atoms with van der Waals surface area (Å²) in [6.07, 6.45) is 1.43. The molecule has 0 heterocycles. The molecule has 0 atom stereocenters. The molecule has 3 N–H and O–H groups in total. The molecule has 0 fully saturated rings. The summed E-state index contributed by atoms with van der Waals surface area (Å²) < 4.78 is 0. The van der Waals surface area contributed by atoms with Crippen LogP contribution < -0.4 is 5.32 Å². The molecule has 1 rings (SSSR count). The van der Waals surface area contributed by atoms with Crippen LogP contribution in [0.1, 0.15) is 12.5 Å². The minimum Gasteiger partial charge on any atom is -0.426 e. The zero-order valence-corrected chi connectivity index (χ0v) is 8.76. The van der Waals surface area contributed by atoms with Gasteiger partial charge in [-0.05, 0) is 12.0 Å². The van der Waals surface area contributed by atoms with Gasteiger partial charge in [0.2, 0.25) is 6.41 Å². The van der Waals surface area contributed by atoms with E-state index >= 15 is 0 Å². The van der Waals surface area contributed by atoms with Gasteiger partial charge in [0, 0.05) is 0 Å². The molecule has 0 radical (unpaired) electrons. The first-order chi connectivity index (χ1) is 7.20. The van der Waals surface area contributed by atoms with Crippen LogP contribution in [-0.4, -0.2) is 30.0 Å². The van der Waals surface area contributed by atoms with E-state index < -0.39 is 7.12 Å². The second-order valence-electron chi connectivity index (χ2n) is 2.85. The molecular weight excluding hydrogens is 193 g/mol. The molecule has 1 aromatic carbocycles. The number of rotatable bonds is 4. The van der Waals surface area contributed by atoms with E-state index in [4.69, 9.17) is 10.0 Å². The Bertz CT molecular complexity index is 254. The van der Waals surface area contributed by atoms with Gasteiger partial charge in [-0.25, -0.2) is 0 Å². The third kappa shape index (κ3) is 8.99. The van der Waals surface area contributed by atoms with Crippen LogP contribution in [0.15, 0.2) is 30.3 Å². The first kappa shape index (κ1) is 13.7. The number of carbonyl (C=O) groups is 1. The molecule has 0 aliphatic heterocycles. The minimum absolute atomic E-state index is 0.108. The van der Waals surface area contributed by atoms with Crippen molar-refractivity contribution in [2.24, 2.45) is 0 Å². The largest absolute Gasteiger partial charge is 0.472 e. The number of hydrogen-bond donors (Lipinski definition) is 3. The summed E-state index contributed by atoms with van der Waals surface area (Å²) in [5.41, 5.74) is 1.41. The van der Waals surface area contributed by atoms with Crippen LogP contribution >= 0.6 is 0 Å². The molecule has 5 heteroatoms. The third-order valence-electron chi connectivity index (χ3n) is 1.63. The van der Waals surface area contributed by atoms with Gasteiger partial charge in [0.15, 0.2) is 0 Å². The highest BCUT2D eigenvalue weighted by molar-refractivity contribution is 6.41. The van der Waals surface area contributed by atoms with E-state index in [2.05, 4.69) is 36.5 Å². The minimum atomic E-state index is -1.44. The second-order valence-corrected chi connectivity index (χ2v) is 2.85. The van der Waals surface area contributed by atoms with Crippen molar-refractivity contribution in [1.29, 1.82) is 0 Å². The Morgan fingerprint density at radius 2 is 1.93 bits per heavy atom. The molecular formula is C10H16BNO3. The summed E-state index contributed by atoms with van der Waals surface area (Å²) >= 11 is 0. The van der Waals surface area contributed by atoms with Crippen molar-refractivity contribution in [3.05, 3.63) is 35.9 Å². The zero-order valence-electron chi connectivity index (χ0n) is 8.76. The summed E-state index contributed by atoms with van der Waals surface area (Å²) in [6.45, 7) is 2.16. The van der Waals surface area contributed by atoms with Gasteiger partial charge in [-0.15, -0.1) is 0 Å². The first-order valence-corrected chi connectivity index (χ1v) is 4.77. The van der Waals surface area contributed by atoms with Crippen molar-refractivity contribution in [2.75, 3.05) is 6.44 Å². The molecule has 1 amide bonds. The molecule has 82 valence electrons. The molecule has 0 aliphatic rings. The summed E-state index contributed by atoms with van der Waals surface area (Å²) in [6, 6.07) is 10.5. The Labute approximate surface area is 90.1 Å². The van der Waals surface area contributed by atoms with Crippen LogP contribution in [0.3, 0.4) is 0 Å². The van der Waals surface area contributed by atoms with Crippen molar-refractivity contribution in [2.45, 2.75) is 13.3 Å². The topological polar surface area (TPSA) is 69.6 Å². The molecule has 0 aromatic heterocycles. The molecule has 0 aliphatic carbocycles. The summed E-state index contributed by atoms with van der Waals surface area (Å²) in [5.74, 6) is 0. The lowest BCUT2D eigenvalue weighted by Crippen LogP contribution is -2.29. The van der Waals surface area contributed by atoms with Crippen LogP contribution in [0.2, 0.25) is 0 Å². The van der Waals surface area contributed by atoms with Gasteiger partial charge in [0.1, 0.15) is 0 Å². The summed E-state index contributed by atoms with van der Waals surface area (Å²) in [5, 5.41) is 18.1. The highest BCUT2D eigenvalue weighted by atomic mass is 16.4. The molecule has 15 heavy (non-hydrogen) atoms. The van der Waals surface area contributed by atoms with E-state index in [1.807, 2.05) is 6.07 Å². The van der Waals surface area contributed by atoms with E-state index in [9.17, 15) is 4.79 Å². The van der Waals surface area contributed by atoms with E-state index in [0.29, 0.717) is 6.41 Å². The number of nitrogens with one attached hydrogen (secondary N) is 1. The maximum absolute atomic E-state index is 9.38. The lowest BCUT2D eigenvalue weighted by molar-refractivity contribution is -0.109. The average Bonchev–Trinajstić information content (AvgIpc) is 2.28. The summed E-state index contributed by atoms with van der Waals surface area (Å²) in [4.78, 5) is 9.38.